The van der Waals surface area contributed by atoms with Gasteiger partial charge in [-0.05, 0) is 54.8 Å². The van der Waals surface area contributed by atoms with Gasteiger partial charge in [-0.3, -0.25) is 9.00 Å². The van der Waals surface area contributed by atoms with Gasteiger partial charge in [-0.15, -0.1) is 0 Å². The first-order valence-corrected chi connectivity index (χ1v) is 12.6. The fourth-order valence-corrected chi connectivity index (χ4v) is 5.39. The van der Waals surface area contributed by atoms with E-state index in [2.05, 4.69) is 36.9 Å². The smallest absolute Gasteiger partial charge is 0.289 e. The molecule has 7 heteroatoms. The molecule has 3 aromatic rings. The molecule has 0 spiro atoms. The molecular formula is C25H27ClN2O3S. The quantitative estimate of drug-likeness (QED) is 0.511. The Labute approximate surface area is 196 Å². The summed E-state index contributed by atoms with van der Waals surface area (Å²) in [6.45, 7) is 7.06. The van der Waals surface area contributed by atoms with E-state index in [9.17, 15) is 9.00 Å². The molecule has 0 radical (unpaired) electrons. The Morgan fingerprint density at radius 1 is 1.00 bits per heavy atom. The molecule has 1 aliphatic rings. The van der Waals surface area contributed by atoms with Crippen molar-refractivity contribution in [3.63, 3.8) is 0 Å². The van der Waals surface area contributed by atoms with Gasteiger partial charge >= 0.3 is 0 Å². The summed E-state index contributed by atoms with van der Waals surface area (Å²) in [6, 6.07) is 17.3. The summed E-state index contributed by atoms with van der Waals surface area (Å²) in [4.78, 5) is 17.1. The summed E-state index contributed by atoms with van der Waals surface area (Å²) in [5.74, 6) is 1.33. The van der Waals surface area contributed by atoms with Crippen LogP contribution in [0.5, 0.6) is 0 Å². The molecule has 1 atom stereocenters. The summed E-state index contributed by atoms with van der Waals surface area (Å²) >= 11 is 6.16. The number of benzene rings is 2. The molecule has 1 fully saturated rings. The Morgan fingerprint density at radius 3 is 2.50 bits per heavy atom. The van der Waals surface area contributed by atoms with E-state index >= 15 is 0 Å². The maximum Gasteiger partial charge on any atom is 0.289 e. The van der Waals surface area contributed by atoms with Crippen LogP contribution in [0.1, 0.15) is 33.0 Å². The highest BCUT2D eigenvalue weighted by Gasteiger charge is 2.25. The molecule has 168 valence electrons. The molecule has 32 heavy (non-hydrogen) atoms. The molecule has 1 amide bonds. The fraction of sp³-hybridized carbons (Fsp3) is 0.320. The van der Waals surface area contributed by atoms with Gasteiger partial charge in [-0.2, -0.15) is 0 Å². The highest BCUT2D eigenvalue weighted by atomic mass is 35.5. The van der Waals surface area contributed by atoms with Crippen molar-refractivity contribution in [1.82, 2.24) is 4.90 Å². The summed E-state index contributed by atoms with van der Waals surface area (Å²) in [7, 11) is -1.18. The van der Waals surface area contributed by atoms with Crippen LogP contribution in [0.25, 0.3) is 0 Å². The molecule has 5 nitrogen and oxygen atoms in total. The van der Waals surface area contributed by atoms with E-state index in [1.807, 2.05) is 23.1 Å². The molecule has 4 rings (SSSR count). The van der Waals surface area contributed by atoms with Gasteiger partial charge in [0.2, 0.25) is 0 Å². The maximum atomic E-state index is 12.9. The Kier molecular flexibility index (Phi) is 7.01. The van der Waals surface area contributed by atoms with Gasteiger partial charge in [-0.1, -0.05) is 41.9 Å². The Hall–Kier alpha value is -2.57. The zero-order valence-electron chi connectivity index (χ0n) is 18.3. The minimum atomic E-state index is -1.18. The van der Waals surface area contributed by atoms with E-state index in [1.165, 1.54) is 16.8 Å². The fourth-order valence-electron chi connectivity index (χ4n) is 3.94. The van der Waals surface area contributed by atoms with Crippen LogP contribution in [-0.2, 0) is 22.3 Å². The molecule has 0 N–H and O–H groups in total. The van der Waals surface area contributed by atoms with E-state index in [4.69, 9.17) is 16.0 Å². The van der Waals surface area contributed by atoms with Crippen molar-refractivity contribution >= 4 is 34.0 Å². The molecule has 0 aliphatic carbocycles. The average Bonchev–Trinajstić information content (AvgIpc) is 3.25. The summed E-state index contributed by atoms with van der Waals surface area (Å²) in [6.07, 6.45) is 0. The predicted octanol–water partition coefficient (Wildman–Crippen LogP) is 4.96. The molecule has 1 aliphatic heterocycles. The highest BCUT2D eigenvalue weighted by Crippen LogP contribution is 2.24. The summed E-state index contributed by atoms with van der Waals surface area (Å²) in [5.41, 5.74) is 4.56. The number of piperazine rings is 1. The van der Waals surface area contributed by atoms with Gasteiger partial charge in [0.15, 0.2) is 5.76 Å². The SMILES string of the molecule is Cc1ccc(C)c(N2CCN(C(=O)c3ccc(C[S@@](=O)Cc4ccccc4Cl)o3)CC2)c1. The largest absolute Gasteiger partial charge is 0.455 e. The lowest BCUT2D eigenvalue weighted by Gasteiger charge is -2.36. The minimum Gasteiger partial charge on any atom is -0.455 e. The predicted molar refractivity (Wildman–Crippen MR) is 130 cm³/mol. The Balaban J connectivity index is 1.33. The number of anilines is 1. The standard InChI is InChI=1S/C25H27ClN2O3S/c1-18-7-8-19(2)23(15-18)27-11-13-28(14-12-27)25(29)24-10-9-21(31-24)17-32(30)16-20-5-3-4-6-22(20)26/h3-10,15H,11-14,16-17H2,1-2H3/t32-/m0/s1. The zero-order chi connectivity index (χ0) is 22.7. The van der Waals surface area contributed by atoms with Crippen LogP contribution < -0.4 is 4.90 Å². The molecule has 0 unspecified atom stereocenters. The number of hydrogen-bond acceptors (Lipinski definition) is 4. The van der Waals surface area contributed by atoms with Crippen molar-refractivity contribution in [2.45, 2.75) is 25.4 Å². The molecular weight excluding hydrogens is 444 g/mol. The lowest BCUT2D eigenvalue weighted by atomic mass is 10.1. The maximum absolute atomic E-state index is 12.9. The average molecular weight is 471 g/mol. The van der Waals surface area contributed by atoms with Gasteiger partial charge in [0.25, 0.3) is 5.91 Å². The third-order valence-electron chi connectivity index (χ3n) is 5.72. The summed E-state index contributed by atoms with van der Waals surface area (Å²) < 4.78 is 18.3. The van der Waals surface area contributed by atoms with Gasteiger partial charge in [0.1, 0.15) is 5.76 Å². The van der Waals surface area contributed by atoms with Crippen molar-refractivity contribution in [3.8, 4) is 0 Å². The third-order valence-corrected chi connectivity index (χ3v) is 7.33. The van der Waals surface area contributed by atoms with Gasteiger partial charge in [0.05, 0.1) is 11.5 Å². The van der Waals surface area contributed by atoms with Crippen LogP contribution in [0.15, 0.2) is 59.0 Å². The number of carbonyl (C=O) groups excluding carboxylic acids is 1. The summed E-state index contributed by atoms with van der Waals surface area (Å²) in [5, 5.41) is 0.608. The Morgan fingerprint density at radius 2 is 1.75 bits per heavy atom. The number of amides is 1. The van der Waals surface area contributed by atoms with Crippen LogP contribution in [0.2, 0.25) is 5.02 Å². The second kappa shape index (κ2) is 9.92. The lowest BCUT2D eigenvalue weighted by Crippen LogP contribution is -2.49. The number of aryl methyl sites for hydroxylation is 2. The molecule has 0 bridgehead atoms. The molecule has 0 saturated carbocycles. The molecule has 2 heterocycles. The van der Waals surface area contributed by atoms with E-state index in [0.717, 1.165) is 18.7 Å². The normalized spacial score (nSPS) is 15.1. The highest BCUT2D eigenvalue weighted by molar-refractivity contribution is 7.83. The van der Waals surface area contributed by atoms with Crippen LogP contribution >= 0.6 is 11.6 Å². The first-order valence-electron chi connectivity index (χ1n) is 10.7. The van der Waals surface area contributed by atoms with Gasteiger partial charge < -0.3 is 14.2 Å². The topological polar surface area (TPSA) is 53.8 Å². The number of rotatable bonds is 6. The number of hydrogen-bond donors (Lipinski definition) is 0. The molecule has 2 aromatic carbocycles. The number of halogens is 1. The molecule has 1 saturated heterocycles. The van der Waals surface area contributed by atoms with Crippen molar-refractivity contribution in [1.29, 1.82) is 0 Å². The molecule has 1 aromatic heterocycles. The lowest BCUT2D eigenvalue weighted by molar-refractivity contribution is 0.0713. The third kappa shape index (κ3) is 5.25. The van der Waals surface area contributed by atoms with Crippen molar-refractivity contribution in [3.05, 3.63) is 87.8 Å². The number of nitrogens with zero attached hydrogens (tertiary/aromatic N) is 2. The minimum absolute atomic E-state index is 0.117. The number of carbonyl (C=O) groups is 1. The van der Waals surface area contributed by atoms with Crippen molar-refractivity contribution in [2.24, 2.45) is 0 Å². The van der Waals surface area contributed by atoms with Crippen LogP contribution in [-0.4, -0.2) is 41.2 Å². The first kappa shape index (κ1) is 22.6. The second-order valence-electron chi connectivity index (χ2n) is 8.16. The van der Waals surface area contributed by atoms with Crippen LogP contribution in [0.4, 0.5) is 5.69 Å². The van der Waals surface area contributed by atoms with E-state index in [1.54, 1.807) is 18.2 Å². The van der Waals surface area contributed by atoms with Crippen LogP contribution in [0.3, 0.4) is 0 Å². The van der Waals surface area contributed by atoms with Gasteiger partial charge in [-0.25, -0.2) is 0 Å². The van der Waals surface area contributed by atoms with Crippen LogP contribution in [0, 0.1) is 13.8 Å². The number of furan rings is 1. The first-order chi connectivity index (χ1) is 15.4. The van der Waals surface area contributed by atoms with E-state index < -0.39 is 10.8 Å². The van der Waals surface area contributed by atoms with E-state index in [0.29, 0.717) is 35.4 Å². The van der Waals surface area contributed by atoms with Crippen molar-refractivity contribution in [2.75, 3.05) is 31.1 Å². The van der Waals surface area contributed by atoms with Crippen molar-refractivity contribution < 1.29 is 13.4 Å². The van der Waals surface area contributed by atoms with E-state index in [-0.39, 0.29) is 11.7 Å². The zero-order valence-corrected chi connectivity index (χ0v) is 19.9. The Bertz CT molecular complexity index is 1140. The second-order valence-corrected chi connectivity index (χ2v) is 10.0. The monoisotopic (exact) mass is 470 g/mol. The van der Waals surface area contributed by atoms with Gasteiger partial charge in [0, 0.05) is 47.7 Å².